The zero-order valence-electron chi connectivity index (χ0n) is 20.6. The first kappa shape index (κ1) is 22.8. The number of nitrogens with one attached hydrogen (secondary N) is 1. The molecule has 0 aliphatic heterocycles. The predicted molar refractivity (Wildman–Crippen MR) is 143 cm³/mol. The summed E-state index contributed by atoms with van der Waals surface area (Å²) in [6, 6.07) is 17.5. The molecule has 182 valence electrons. The fraction of sp³-hybridized carbons (Fsp3) is 0.333. The molecular formula is C30H32N6. The van der Waals surface area contributed by atoms with Gasteiger partial charge in [-0.1, -0.05) is 30.3 Å². The van der Waals surface area contributed by atoms with E-state index in [1.165, 1.54) is 45.6 Å². The summed E-state index contributed by atoms with van der Waals surface area (Å²) >= 11 is 0. The second-order valence-corrected chi connectivity index (χ2v) is 9.75. The van der Waals surface area contributed by atoms with Gasteiger partial charge in [-0.2, -0.15) is 0 Å². The maximum Gasteiger partial charge on any atom is 0.222 e. The van der Waals surface area contributed by atoms with Crippen LogP contribution >= 0.6 is 0 Å². The van der Waals surface area contributed by atoms with Crippen LogP contribution in [0, 0.1) is 0 Å². The molecule has 4 aromatic rings. The Balaban J connectivity index is 1.21. The molecule has 0 unspecified atom stereocenters. The monoisotopic (exact) mass is 476 g/mol. The van der Waals surface area contributed by atoms with Gasteiger partial charge in [0.2, 0.25) is 5.95 Å². The molecule has 2 aliphatic carbocycles. The second kappa shape index (κ2) is 10.5. The minimum absolute atomic E-state index is 0.335. The van der Waals surface area contributed by atoms with Crippen molar-refractivity contribution >= 4 is 5.95 Å². The topological polar surface area (TPSA) is 66.8 Å². The van der Waals surface area contributed by atoms with E-state index < -0.39 is 0 Å². The number of aryl methyl sites for hydroxylation is 1. The lowest BCUT2D eigenvalue weighted by atomic mass is 9.90. The van der Waals surface area contributed by atoms with Gasteiger partial charge in [0.1, 0.15) is 0 Å². The number of anilines is 1. The number of benzene rings is 1. The van der Waals surface area contributed by atoms with E-state index in [9.17, 15) is 0 Å². The predicted octanol–water partition coefficient (Wildman–Crippen LogP) is 5.61. The Kier molecular flexibility index (Phi) is 6.68. The van der Waals surface area contributed by atoms with Crippen molar-refractivity contribution in [2.45, 2.75) is 51.1 Å². The molecule has 3 aromatic heterocycles. The van der Waals surface area contributed by atoms with E-state index in [0.29, 0.717) is 12.0 Å². The van der Waals surface area contributed by atoms with Gasteiger partial charge in [-0.3, -0.25) is 14.9 Å². The minimum atomic E-state index is 0.335. The molecule has 0 radical (unpaired) electrons. The summed E-state index contributed by atoms with van der Waals surface area (Å²) in [5.41, 5.74) is 9.39. The maximum absolute atomic E-state index is 4.92. The van der Waals surface area contributed by atoms with Gasteiger partial charge in [-0.15, -0.1) is 0 Å². The van der Waals surface area contributed by atoms with Crippen molar-refractivity contribution in [3.63, 3.8) is 0 Å². The molecule has 1 N–H and O–H groups in total. The fourth-order valence-corrected chi connectivity index (χ4v) is 5.76. The third-order valence-corrected chi connectivity index (χ3v) is 7.50. The van der Waals surface area contributed by atoms with E-state index in [1.54, 1.807) is 12.4 Å². The van der Waals surface area contributed by atoms with Crippen LogP contribution in [0.2, 0.25) is 0 Å². The standard InChI is InChI=1S/C30H32N6/c1-2-11-24-23(8-1)20-26-25(24)13-18-31-27(26)21-36(19-4-3-14-33-30-34-16-7-17-35-30)28-12-5-9-22-10-6-15-32-29(22)28/h1-2,6-8,10-11,13,15-18,28H,3-5,9,12,14,19-21H2,(H,33,34,35)/t28-/m0/s1. The molecule has 1 atom stereocenters. The second-order valence-electron chi connectivity index (χ2n) is 9.75. The van der Waals surface area contributed by atoms with Gasteiger partial charge in [-0.05, 0) is 84.7 Å². The van der Waals surface area contributed by atoms with Gasteiger partial charge in [0.05, 0.1) is 17.4 Å². The van der Waals surface area contributed by atoms with Crippen molar-refractivity contribution in [1.29, 1.82) is 0 Å². The van der Waals surface area contributed by atoms with Crippen LogP contribution in [-0.4, -0.2) is 37.9 Å². The van der Waals surface area contributed by atoms with Gasteiger partial charge >= 0.3 is 0 Å². The number of aromatic nitrogens is 4. The van der Waals surface area contributed by atoms with Gasteiger partial charge in [0.25, 0.3) is 0 Å². The molecule has 0 amide bonds. The van der Waals surface area contributed by atoms with Crippen molar-refractivity contribution in [1.82, 2.24) is 24.8 Å². The number of hydrogen-bond acceptors (Lipinski definition) is 6. The van der Waals surface area contributed by atoms with Crippen LogP contribution in [0.15, 0.2) is 73.3 Å². The van der Waals surface area contributed by atoms with E-state index in [0.717, 1.165) is 51.7 Å². The van der Waals surface area contributed by atoms with Crippen molar-refractivity contribution in [3.8, 4) is 11.1 Å². The highest BCUT2D eigenvalue weighted by atomic mass is 15.2. The van der Waals surface area contributed by atoms with Crippen molar-refractivity contribution in [2.75, 3.05) is 18.4 Å². The molecule has 3 heterocycles. The molecule has 0 saturated carbocycles. The third kappa shape index (κ3) is 4.73. The lowest BCUT2D eigenvalue weighted by molar-refractivity contribution is 0.161. The first-order chi connectivity index (χ1) is 17.9. The molecule has 0 fully saturated rings. The maximum atomic E-state index is 4.92. The summed E-state index contributed by atoms with van der Waals surface area (Å²) in [6.45, 7) is 2.73. The average Bonchev–Trinajstić information content (AvgIpc) is 3.32. The Hall–Kier alpha value is -3.64. The molecule has 6 nitrogen and oxygen atoms in total. The van der Waals surface area contributed by atoms with Crippen LogP contribution in [-0.2, 0) is 19.4 Å². The summed E-state index contributed by atoms with van der Waals surface area (Å²) in [5, 5.41) is 3.34. The van der Waals surface area contributed by atoms with E-state index in [4.69, 9.17) is 9.97 Å². The Morgan fingerprint density at radius 2 is 1.67 bits per heavy atom. The first-order valence-corrected chi connectivity index (χ1v) is 13.1. The van der Waals surface area contributed by atoms with Crippen molar-refractivity contribution in [2.24, 2.45) is 0 Å². The zero-order valence-corrected chi connectivity index (χ0v) is 20.6. The molecular weight excluding hydrogens is 444 g/mol. The van der Waals surface area contributed by atoms with Crippen LogP contribution in [0.3, 0.4) is 0 Å². The quantitative estimate of drug-likeness (QED) is 0.279. The van der Waals surface area contributed by atoms with Crippen LogP contribution in [0.1, 0.15) is 59.8 Å². The Bertz CT molecular complexity index is 1320. The molecule has 0 spiro atoms. The highest BCUT2D eigenvalue weighted by Gasteiger charge is 2.29. The van der Waals surface area contributed by atoms with E-state index in [-0.39, 0.29) is 0 Å². The summed E-state index contributed by atoms with van der Waals surface area (Å²) < 4.78 is 0. The van der Waals surface area contributed by atoms with Gasteiger partial charge in [0, 0.05) is 44.3 Å². The Labute approximate surface area is 212 Å². The highest BCUT2D eigenvalue weighted by Crippen LogP contribution is 2.39. The minimum Gasteiger partial charge on any atom is -0.354 e. The van der Waals surface area contributed by atoms with E-state index >= 15 is 0 Å². The molecule has 1 aromatic carbocycles. The molecule has 2 aliphatic rings. The van der Waals surface area contributed by atoms with Gasteiger partial charge in [-0.25, -0.2) is 9.97 Å². The van der Waals surface area contributed by atoms with E-state index in [2.05, 4.69) is 62.6 Å². The summed E-state index contributed by atoms with van der Waals surface area (Å²) in [4.78, 5) is 20.9. The van der Waals surface area contributed by atoms with Gasteiger partial charge < -0.3 is 5.32 Å². The Morgan fingerprint density at radius 1 is 0.806 bits per heavy atom. The smallest absolute Gasteiger partial charge is 0.222 e. The largest absolute Gasteiger partial charge is 0.354 e. The van der Waals surface area contributed by atoms with Crippen LogP contribution in [0.4, 0.5) is 5.95 Å². The number of unbranched alkanes of at least 4 members (excludes halogenated alkanes) is 1. The Morgan fingerprint density at radius 3 is 2.61 bits per heavy atom. The lowest BCUT2D eigenvalue weighted by Crippen LogP contribution is -2.33. The summed E-state index contributed by atoms with van der Waals surface area (Å²) in [7, 11) is 0. The van der Waals surface area contributed by atoms with Crippen molar-refractivity contribution in [3.05, 3.63) is 101 Å². The number of fused-ring (bicyclic) bond motifs is 4. The fourth-order valence-electron chi connectivity index (χ4n) is 5.76. The lowest BCUT2D eigenvalue weighted by Gasteiger charge is -2.35. The van der Waals surface area contributed by atoms with Crippen molar-refractivity contribution < 1.29 is 0 Å². The molecule has 6 rings (SSSR count). The van der Waals surface area contributed by atoms with Crippen LogP contribution < -0.4 is 5.32 Å². The normalized spacial score (nSPS) is 15.9. The number of hydrogen-bond donors (Lipinski definition) is 1. The zero-order chi connectivity index (χ0) is 24.2. The number of pyridine rings is 2. The van der Waals surface area contributed by atoms with Crippen LogP contribution in [0.5, 0.6) is 0 Å². The molecule has 0 bridgehead atoms. The first-order valence-electron chi connectivity index (χ1n) is 13.1. The average molecular weight is 477 g/mol. The molecule has 6 heteroatoms. The SMILES string of the molecule is c1cnc(NCCCCN(Cc2nccc3c2Cc2ccccc2-3)[C@H]2CCCc3cccnc32)nc1. The molecule has 36 heavy (non-hydrogen) atoms. The van der Waals surface area contributed by atoms with Crippen LogP contribution in [0.25, 0.3) is 11.1 Å². The highest BCUT2D eigenvalue weighted by molar-refractivity contribution is 5.77. The number of rotatable bonds is 9. The summed E-state index contributed by atoms with van der Waals surface area (Å²) in [6.07, 6.45) is 14.1. The number of nitrogens with zero attached hydrogens (tertiary/aromatic N) is 5. The van der Waals surface area contributed by atoms with E-state index in [1.807, 2.05) is 18.5 Å². The molecule has 0 saturated heterocycles. The summed E-state index contributed by atoms with van der Waals surface area (Å²) in [5.74, 6) is 0.698. The third-order valence-electron chi connectivity index (χ3n) is 7.50. The van der Waals surface area contributed by atoms with Gasteiger partial charge in [0.15, 0.2) is 0 Å².